The summed E-state index contributed by atoms with van der Waals surface area (Å²) in [5, 5.41) is 0. The van der Waals surface area contributed by atoms with E-state index in [-0.39, 0.29) is 11.2 Å². The molecule has 0 atom stereocenters. The minimum atomic E-state index is 0.103. The molecule has 0 aromatic heterocycles. The molecule has 0 N–H and O–H groups in total. The molecule has 0 unspecified atom stereocenters. The van der Waals surface area contributed by atoms with Gasteiger partial charge in [0.2, 0.25) is 0 Å². The number of rotatable bonds is 9. The van der Waals surface area contributed by atoms with Crippen LogP contribution in [-0.2, 0) is 9.53 Å². The minimum Gasteiger partial charge on any atom is -0.498 e. The summed E-state index contributed by atoms with van der Waals surface area (Å²) in [6.07, 6.45) is 6.85. The van der Waals surface area contributed by atoms with Crippen LogP contribution in [0.15, 0.2) is 24.5 Å². The minimum absolute atomic E-state index is 0.103. The molecule has 2 heteroatoms. The SMILES string of the molecule is C=CC(=O)CCCCOC(=CC)C(C)(C)CC. The molecule has 0 rings (SSSR count). The van der Waals surface area contributed by atoms with Crippen molar-refractivity contribution in [2.24, 2.45) is 5.41 Å². The first-order valence-electron chi connectivity index (χ1n) is 6.42. The van der Waals surface area contributed by atoms with Gasteiger partial charge in [0.15, 0.2) is 5.78 Å². The van der Waals surface area contributed by atoms with Gasteiger partial charge >= 0.3 is 0 Å². The Morgan fingerprint density at radius 3 is 2.47 bits per heavy atom. The lowest BCUT2D eigenvalue weighted by Gasteiger charge is -2.26. The number of allylic oxidation sites excluding steroid dienone is 3. The van der Waals surface area contributed by atoms with Crippen LogP contribution in [0.2, 0.25) is 0 Å². The van der Waals surface area contributed by atoms with Gasteiger partial charge in [0.1, 0.15) is 0 Å². The molecule has 0 aliphatic heterocycles. The number of carbonyl (C=O) groups excluding carboxylic acids is 1. The summed E-state index contributed by atoms with van der Waals surface area (Å²) in [6, 6.07) is 0. The third-order valence-corrected chi connectivity index (χ3v) is 3.12. The fourth-order valence-corrected chi connectivity index (χ4v) is 1.53. The molecule has 0 heterocycles. The number of ketones is 1. The summed E-state index contributed by atoms with van der Waals surface area (Å²) in [4.78, 5) is 11.0. The van der Waals surface area contributed by atoms with Gasteiger partial charge in [-0.1, -0.05) is 27.4 Å². The van der Waals surface area contributed by atoms with Crippen molar-refractivity contribution >= 4 is 5.78 Å². The molecule has 0 radical (unpaired) electrons. The molecule has 98 valence electrons. The number of hydrogen-bond acceptors (Lipinski definition) is 2. The molecule has 0 saturated heterocycles. The van der Waals surface area contributed by atoms with E-state index in [1.165, 1.54) is 6.08 Å². The van der Waals surface area contributed by atoms with Crippen molar-refractivity contribution in [2.45, 2.75) is 53.4 Å². The molecule has 0 saturated carbocycles. The van der Waals surface area contributed by atoms with E-state index in [9.17, 15) is 4.79 Å². The van der Waals surface area contributed by atoms with Gasteiger partial charge in [0.25, 0.3) is 0 Å². The number of carbonyl (C=O) groups is 1. The predicted octanol–water partition coefficient (Wildman–Crippen LogP) is 4.27. The number of ether oxygens (including phenoxy) is 1. The summed E-state index contributed by atoms with van der Waals surface area (Å²) < 4.78 is 5.79. The van der Waals surface area contributed by atoms with Gasteiger partial charge in [-0.05, 0) is 38.3 Å². The lowest BCUT2D eigenvalue weighted by atomic mass is 9.87. The van der Waals surface area contributed by atoms with Crippen LogP contribution >= 0.6 is 0 Å². The highest BCUT2D eigenvalue weighted by atomic mass is 16.5. The lowest BCUT2D eigenvalue weighted by molar-refractivity contribution is -0.114. The van der Waals surface area contributed by atoms with E-state index in [1.54, 1.807) is 0 Å². The first-order chi connectivity index (χ1) is 7.97. The van der Waals surface area contributed by atoms with Gasteiger partial charge in [0.05, 0.1) is 12.4 Å². The molecule has 0 bridgehead atoms. The van der Waals surface area contributed by atoms with Crippen molar-refractivity contribution in [3.8, 4) is 0 Å². The first-order valence-corrected chi connectivity index (χ1v) is 6.42. The summed E-state index contributed by atoms with van der Waals surface area (Å²) in [7, 11) is 0. The Balaban J connectivity index is 3.87. The van der Waals surface area contributed by atoms with Crippen molar-refractivity contribution in [1.82, 2.24) is 0 Å². The fraction of sp³-hybridized carbons (Fsp3) is 0.667. The largest absolute Gasteiger partial charge is 0.498 e. The van der Waals surface area contributed by atoms with Crippen LogP contribution in [-0.4, -0.2) is 12.4 Å². The standard InChI is InChI=1S/C15H26O2/c1-6-13(16)11-9-10-12-17-14(7-2)15(4,5)8-3/h6-7H,1,8-12H2,2-5H3. The summed E-state index contributed by atoms with van der Waals surface area (Å²) >= 11 is 0. The van der Waals surface area contributed by atoms with E-state index in [1.807, 2.05) is 13.0 Å². The fourth-order valence-electron chi connectivity index (χ4n) is 1.53. The second kappa shape index (κ2) is 8.10. The Bertz CT molecular complexity index is 275. The van der Waals surface area contributed by atoms with Crippen LogP contribution in [0.5, 0.6) is 0 Å². The van der Waals surface area contributed by atoms with Crippen LogP contribution in [0.4, 0.5) is 0 Å². The van der Waals surface area contributed by atoms with Crippen molar-refractivity contribution < 1.29 is 9.53 Å². The maximum absolute atomic E-state index is 11.0. The first kappa shape index (κ1) is 16.0. The number of hydrogen-bond donors (Lipinski definition) is 0. The van der Waals surface area contributed by atoms with E-state index in [4.69, 9.17) is 4.74 Å². The Hall–Kier alpha value is -1.05. The highest BCUT2D eigenvalue weighted by Gasteiger charge is 2.21. The molecule has 2 nitrogen and oxygen atoms in total. The molecule has 0 spiro atoms. The quantitative estimate of drug-likeness (QED) is 0.341. The topological polar surface area (TPSA) is 26.3 Å². The zero-order chi connectivity index (χ0) is 13.3. The van der Waals surface area contributed by atoms with Gasteiger partial charge in [-0.2, -0.15) is 0 Å². The van der Waals surface area contributed by atoms with Crippen molar-refractivity contribution in [1.29, 1.82) is 0 Å². The summed E-state index contributed by atoms with van der Waals surface area (Å²) in [6.45, 7) is 12.7. The lowest BCUT2D eigenvalue weighted by Crippen LogP contribution is -2.16. The van der Waals surface area contributed by atoms with Crippen LogP contribution in [0.25, 0.3) is 0 Å². The molecule has 0 amide bonds. The molecule has 17 heavy (non-hydrogen) atoms. The van der Waals surface area contributed by atoms with Gasteiger partial charge in [-0.15, -0.1) is 0 Å². The average Bonchev–Trinajstić information content (AvgIpc) is 2.32. The summed E-state index contributed by atoms with van der Waals surface area (Å²) in [5.74, 6) is 1.17. The molecular formula is C15H26O2. The highest BCUT2D eigenvalue weighted by Crippen LogP contribution is 2.30. The highest BCUT2D eigenvalue weighted by molar-refractivity contribution is 5.88. The molecular weight excluding hydrogens is 212 g/mol. The van der Waals surface area contributed by atoms with Gasteiger partial charge in [-0.3, -0.25) is 4.79 Å². The van der Waals surface area contributed by atoms with Crippen LogP contribution in [0, 0.1) is 5.41 Å². The van der Waals surface area contributed by atoms with Crippen molar-refractivity contribution in [2.75, 3.05) is 6.61 Å². The zero-order valence-electron chi connectivity index (χ0n) is 11.7. The Labute approximate surface area is 106 Å². The second-order valence-electron chi connectivity index (χ2n) is 4.87. The average molecular weight is 238 g/mol. The van der Waals surface area contributed by atoms with Gasteiger partial charge in [-0.25, -0.2) is 0 Å². The van der Waals surface area contributed by atoms with Crippen LogP contribution in [0.3, 0.4) is 0 Å². The predicted molar refractivity (Wildman–Crippen MR) is 72.8 cm³/mol. The third-order valence-electron chi connectivity index (χ3n) is 3.12. The monoisotopic (exact) mass is 238 g/mol. The molecule has 0 aromatic rings. The Morgan fingerprint density at radius 2 is 2.00 bits per heavy atom. The maximum atomic E-state index is 11.0. The summed E-state index contributed by atoms with van der Waals surface area (Å²) in [5.41, 5.74) is 0.103. The van der Waals surface area contributed by atoms with Gasteiger partial charge in [0, 0.05) is 11.8 Å². The van der Waals surface area contributed by atoms with Crippen LogP contribution < -0.4 is 0 Å². The molecule has 0 fully saturated rings. The van der Waals surface area contributed by atoms with E-state index in [0.29, 0.717) is 13.0 Å². The molecule has 0 aliphatic rings. The van der Waals surface area contributed by atoms with E-state index < -0.39 is 0 Å². The van der Waals surface area contributed by atoms with E-state index >= 15 is 0 Å². The third kappa shape index (κ3) is 6.30. The van der Waals surface area contributed by atoms with Crippen molar-refractivity contribution in [3.05, 3.63) is 24.5 Å². The Kier molecular flexibility index (Phi) is 7.60. The molecule has 0 aromatic carbocycles. The normalized spacial score (nSPS) is 12.4. The van der Waals surface area contributed by atoms with Crippen LogP contribution in [0.1, 0.15) is 53.4 Å². The Morgan fingerprint density at radius 1 is 1.35 bits per heavy atom. The smallest absolute Gasteiger partial charge is 0.155 e. The maximum Gasteiger partial charge on any atom is 0.155 e. The molecule has 0 aliphatic carbocycles. The van der Waals surface area contributed by atoms with Crippen molar-refractivity contribution in [3.63, 3.8) is 0 Å². The zero-order valence-corrected chi connectivity index (χ0v) is 11.7. The second-order valence-corrected chi connectivity index (χ2v) is 4.87. The van der Waals surface area contributed by atoms with E-state index in [2.05, 4.69) is 27.4 Å². The number of unbranched alkanes of at least 4 members (excludes halogenated alkanes) is 1. The van der Waals surface area contributed by atoms with E-state index in [0.717, 1.165) is 25.0 Å². The van der Waals surface area contributed by atoms with Gasteiger partial charge < -0.3 is 4.74 Å².